The SMILES string of the molecule is C=CCCN(CCC)C(C)(C)CC. The molecule has 0 spiro atoms. The van der Waals surface area contributed by atoms with E-state index in [9.17, 15) is 0 Å². The van der Waals surface area contributed by atoms with Gasteiger partial charge in [-0.1, -0.05) is 19.9 Å². The first-order valence-corrected chi connectivity index (χ1v) is 5.44. The summed E-state index contributed by atoms with van der Waals surface area (Å²) in [6.45, 7) is 15.3. The maximum Gasteiger partial charge on any atom is 0.0150 e. The van der Waals surface area contributed by atoms with E-state index < -0.39 is 0 Å². The Kier molecular flexibility index (Phi) is 6.06. The predicted octanol–water partition coefficient (Wildman–Crippen LogP) is 3.46. The molecule has 0 radical (unpaired) electrons. The van der Waals surface area contributed by atoms with Crippen molar-refractivity contribution >= 4 is 0 Å². The zero-order chi connectivity index (χ0) is 10.3. The van der Waals surface area contributed by atoms with Crippen LogP contribution in [0.3, 0.4) is 0 Å². The summed E-state index contributed by atoms with van der Waals surface area (Å²) in [5.41, 5.74) is 0.346. The summed E-state index contributed by atoms with van der Waals surface area (Å²) >= 11 is 0. The van der Waals surface area contributed by atoms with Crippen molar-refractivity contribution in [2.45, 2.75) is 52.5 Å². The first-order chi connectivity index (χ1) is 6.08. The highest BCUT2D eigenvalue weighted by atomic mass is 15.2. The molecule has 0 saturated carbocycles. The summed E-state index contributed by atoms with van der Waals surface area (Å²) in [5.74, 6) is 0. The van der Waals surface area contributed by atoms with Crippen LogP contribution in [0.25, 0.3) is 0 Å². The number of rotatable bonds is 7. The van der Waals surface area contributed by atoms with Crippen LogP contribution in [0.2, 0.25) is 0 Å². The Hall–Kier alpha value is -0.300. The lowest BCUT2D eigenvalue weighted by Gasteiger charge is -2.37. The van der Waals surface area contributed by atoms with Gasteiger partial charge in [-0.25, -0.2) is 0 Å². The first kappa shape index (κ1) is 12.7. The zero-order valence-corrected chi connectivity index (χ0v) is 9.77. The van der Waals surface area contributed by atoms with Gasteiger partial charge in [-0.2, -0.15) is 0 Å². The summed E-state index contributed by atoms with van der Waals surface area (Å²) in [7, 11) is 0. The third-order valence-corrected chi connectivity index (χ3v) is 2.82. The van der Waals surface area contributed by atoms with Crippen molar-refractivity contribution in [3.8, 4) is 0 Å². The molecule has 78 valence electrons. The van der Waals surface area contributed by atoms with Gasteiger partial charge >= 0.3 is 0 Å². The second-order valence-electron chi connectivity index (χ2n) is 4.23. The Balaban J connectivity index is 4.13. The third-order valence-electron chi connectivity index (χ3n) is 2.82. The monoisotopic (exact) mass is 183 g/mol. The van der Waals surface area contributed by atoms with E-state index >= 15 is 0 Å². The van der Waals surface area contributed by atoms with Gasteiger partial charge < -0.3 is 0 Å². The standard InChI is InChI=1S/C12H25N/c1-6-9-11-13(10-7-2)12(4,5)8-3/h6H,1,7-11H2,2-5H3. The van der Waals surface area contributed by atoms with Gasteiger partial charge in [0.1, 0.15) is 0 Å². The van der Waals surface area contributed by atoms with Crippen LogP contribution in [0.4, 0.5) is 0 Å². The van der Waals surface area contributed by atoms with Crippen molar-refractivity contribution in [3.63, 3.8) is 0 Å². The number of nitrogens with zero attached hydrogens (tertiary/aromatic N) is 1. The van der Waals surface area contributed by atoms with E-state index in [1.54, 1.807) is 0 Å². The molecule has 0 unspecified atom stereocenters. The molecule has 0 fully saturated rings. The number of hydrogen-bond donors (Lipinski definition) is 0. The third kappa shape index (κ3) is 4.47. The molecule has 0 amide bonds. The fourth-order valence-electron chi connectivity index (χ4n) is 1.46. The van der Waals surface area contributed by atoms with Gasteiger partial charge in [0.05, 0.1) is 0 Å². The minimum absolute atomic E-state index is 0.346. The smallest absolute Gasteiger partial charge is 0.0150 e. The van der Waals surface area contributed by atoms with E-state index in [4.69, 9.17) is 0 Å². The highest BCUT2D eigenvalue weighted by molar-refractivity contribution is 4.81. The molecule has 0 saturated heterocycles. The molecule has 0 aromatic rings. The van der Waals surface area contributed by atoms with Gasteiger partial charge in [0.2, 0.25) is 0 Å². The summed E-state index contributed by atoms with van der Waals surface area (Å²) in [5, 5.41) is 0. The van der Waals surface area contributed by atoms with Crippen LogP contribution in [0, 0.1) is 0 Å². The largest absolute Gasteiger partial charge is 0.298 e. The molecule has 0 N–H and O–H groups in total. The van der Waals surface area contributed by atoms with E-state index in [2.05, 4.69) is 39.2 Å². The molecule has 13 heavy (non-hydrogen) atoms. The van der Waals surface area contributed by atoms with Gasteiger partial charge in [0, 0.05) is 12.1 Å². The van der Waals surface area contributed by atoms with Crippen molar-refractivity contribution in [1.82, 2.24) is 4.90 Å². The van der Waals surface area contributed by atoms with Crippen molar-refractivity contribution in [1.29, 1.82) is 0 Å². The Bertz CT molecular complexity index is 138. The average Bonchev–Trinajstić information content (AvgIpc) is 2.12. The van der Waals surface area contributed by atoms with Gasteiger partial charge in [0.15, 0.2) is 0 Å². The van der Waals surface area contributed by atoms with Crippen molar-refractivity contribution < 1.29 is 0 Å². The van der Waals surface area contributed by atoms with E-state index in [-0.39, 0.29) is 0 Å². The van der Waals surface area contributed by atoms with Crippen LogP contribution in [0.5, 0.6) is 0 Å². The number of hydrogen-bond acceptors (Lipinski definition) is 1. The molecule has 0 aromatic heterocycles. The van der Waals surface area contributed by atoms with Crippen LogP contribution < -0.4 is 0 Å². The van der Waals surface area contributed by atoms with Gasteiger partial charge in [-0.05, 0) is 39.7 Å². The molecule has 1 heteroatoms. The first-order valence-electron chi connectivity index (χ1n) is 5.44. The van der Waals surface area contributed by atoms with Crippen LogP contribution in [-0.4, -0.2) is 23.5 Å². The molecule has 0 atom stereocenters. The second-order valence-corrected chi connectivity index (χ2v) is 4.23. The van der Waals surface area contributed by atoms with Crippen LogP contribution >= 0.6 is 0 Å². The van der Waals surface area contributed by atoms with Crippen molar-refractivity contribution in [3.05, 3.63) is 12.7 Å². The average molecular weight is 183 g/mol. The van der Waals surface area contributed by atoms with E-state index in [1.165, 1.54) is 19.4 Å². The predicted molar refractivity (Wildman–Crippen MR) is 61.0 cm³/mol. The second kappa shape index (κ2) is 6.20. The Morgan fingerprint density at radius 1 is 1.23 bits per heavy atom. The van der Waals surface area contributed by atoms with Gasteiger partial charge in [-0.15, -0.1) is 6.58 Å². The van der Waals surface area contributed by atoms with Crippen molar-refractivity contribution in [2.24, 2.45) is 0 Å². The summed E-state index contributed by atoms with van der Waals surface area (Å²) in [6, 6.07) is 0. The molecule has 0 rings (SSSR count). The minimum atomic E-state index is 0.346. The van der Waals surface area contributed by atoms with E-state index in [1.807, 2.05) is 6.08 Å². The summed E-state index contributed by atoms with van der Waals surface area (Å²) in [4.78, 5) is 2.56. The lowest BCUT2D eigenvalue weighted by Crippen LogP contribution is -2.44. The normalized spacial score (nSPS) is 12.1. The fraction of sp³-hybridized carbons (Fsp3) is 0.833. The minimum Gasteiger partial charge on any atom is -0.298 e. The maximum absolute atomic E-state index is 3.77. The molecule has 0 aliphatic carbocycles. The molecule has 1 nitrogen and oxygen atoms in total. The van der Waals surface area contributed by atoms with Crippen LogP contribution in [-0.2, 0) is 0 Å². The molecule has 0 aromatic carbocycles. The maximum atomic E-state index is 3.77. The topological polar surface area (TPSA) is 3.24 Å². The zero-order valence-electron chi connectivity index (χ0n) is 9.77. The molecular weight excluding hydrogens is 158 g/mol. The Morgan fingerprint density at radius 2 is 1.85 bits per heavy atom. The lowest BCUT2D eigenvalue weighted by atomic mass is 9.98. The van der Waals surface area contributed by atoms with Crippen LogP contribution in [0.15, 0.2) is 12.7 Å². The highest BCUT2D eigenvalue weighted by Crippen LogP contribution is 2.18. The lowest BCUT2D eigenvalue weighted by molar-refractivity contribution is 0.118. The van der Waals surface area contributed by atoms with Gasteiger partial charge in [0.25, 0.3) is 0 Å². The molecule has 0 aliphatic rings. The van der Waals surface area contributed by atoms with Crippen LogP contribution in [0.1, 0.15) is 47.0 Å². The molecule has 0 bridgehead atoms. The molecule has 0 aliphatic heterocycles. The Morgan fingerprint density at radius 3 is 2.23 bits per heavy atom. The van der Waals surface area contributed by atoms with Gasteiger partial charge in [-0.3, -0.25) is 4.90 Å². The Labute approximate surface area is 83.8 Å². The summed E-state index contributed by atoms with van der Waals surface area (Å²) < 4.78 is 0. The molecular formula is C12H25N. The van der Waals surface area contributed by atoms with Crippen molar-refractivity contribution in [2.75, 3.05) is 13.1 Å². The fourth-order valence-corrected chi connectivity index (χ4v) is 1.46. The molecule has 0 heterocycles. The van der Waals surface area contributed by atoms with E-state index in [0.29, 0.717) is 5.54 Å². The highest BCUT2D eigenvalue weighted by Gasteiger charge is 2.22. The summed E-state index contributed by atoms with van der Waals surface area (Å²) in [6.07, 6.45) is 5.56. The van der Waals surface area contributed by atoms with E-state index in [0.717, 1.165) is 13.0 Å². The quantitative estimate of drug-likeness (QED) is 0.546.